The molecule has 1 aliphatic rings. The molecule has 8 heteroatoms. The molecule has 0 radical (unpaired) electrons. The van der Waals surface area contributed by atoms with Gasteiger partial charge in [-0.05, 0) is 49.2 Å². The molecular weight excluding hydrogens is 540 g/mol. The van der Waals surface area contributed by atoms with Gasteiger partial charge in [-0.3, -0.25) is 0 Å². The Balaban J connectivity index is 2.36. The summed E-state index contributed by atoms with van der Waals surface area (Å²) in [6.07, 6.45) is 0. The van der Waals surface area contributed by atoms with Crippen molar-refractivity contribution in [3.8, 4) is 6.07 Å². The minimum Gasteiger partial charge on any atom is -0.464 e. The number of benzene rings is 2. The summed E-state index contributed by atoms with van der Waals surface area (Å²) in [5.41, 5.74) is 5.99. The van der Waals surface area contributed by atoms with E-state index in [4.69, 9.17) is 15.2 Å². The van der Waals surface area contributed by atoms with Crippen molar-refractivity contribution in [2.45, 2.75) is 25.7 Å². The van der Waals surface area contributed by atoms with Crippen LogP contribution in [0.25, 0.3) is 0 Å². The van der Waals surface area contributed by atoms with Gasteiger partial charge < -0.3 is 15.2 Å². The van der Waals surface area contributed by atoms with Crippen molar-refractivity contribution < 1.29 is 19.1 Å². The first-order valence-electron chi connectivity index (χ1n) is 10.1. The molecule has 2 aromatic carbocycles. The zero-order valence-corrected chi connectivity index (χ0v) is 20.8. The van der Waals surface area contributed by atoms with Crippen LogP contribution in [0.3, 0.4) is 0 Å². The maximum Gasteiger partial charge on any atom is 0.336 e. The molecule has 0 bridgehead atoms. The molecule has 0 fully saturated rings. The monoisotopic (exact) mass is 560 g/mol. The van der Waals surface area contributed by atoms with Crippen molar-refractivity contribution in [3.63, 3.8) is 0 Å². The van der Waals surface area contributed by atoms with E-state index < -0.39 is 29.2 Å². The highest BCUT2D eigenvalue weighted by molar-refractivity contribution is 9.10. The van der Waals surface area contributed by atoms with Crippen molar-refractivity contribution in [2.24, 2.45) is 11.1 Å². The Labute approximate surface area is 203 Å². The molecule has 32 heavy (non-hydrogen) atoms. The topological polar surface area (TPSA) is 102 Å². The minimum absolute atomic E-state index is 0.0697. The van der Waals surface area contributed by atoms with Crippen molar-refractivity contribution in [2.75, 3.05) is 13.2 Å². The summed E-state index contributed by atoms with van der Waals surface area (Å²) in [4.78, 5) is 26.4. The summed E-state index contributed by atoms with van der Waals surface area (Å²) in [5, 5.41) is 10.4. The summed E-state index contributed by atoms with van der Waals surface area (Å²) < 4.78 is 12.3. The van der Waals surface area contributed by atoms with Gasteiger partial charge in [0, 0.05) is 20.8 Å². The molecule has 0 saturated heterocycles. The highest BCUT2D eigenvalue weighted by atomic mass is 79.9. The number of nitrogens with zero attached hydrogens (tertiary/aromatic N) is 1. The molecule has 2 aromatic rings. The number of hydrogen-bond acceptors (Lipinski definition) is 6. The molecule has 2 N–H and O–H groups in total. The van der Waals surface area contributed by atoms with Crippen LogP contribution in [0.1, 0.15) is 36.8 Å². The third-order valence-electron chi connectivity index (χ3n) is 5.55. The molecule has 0 aromatic heterocycles. The minimum atomic E-state index is -1.89. The SMILES string of the molecule is CCOC(=O)C1=C(N)[C@@](C#N)(C(=O)OCC)[C@H](c2ccc(Br)cc2)[C@H]1c1ccc(Br)cc1. The predicted octanol–water partition coefficient (Wildman–Crippen LogP) is 4.94. The third kappa shape index (κ3) is 4.07. The zero-order valence-electron chi connectivity index (χ0n) is 17.6. The van der Waals surface area contributed by atoms with Crippen molar-refractivity contribution in [1.82, 2.24) is 0 Å². The Morgan fingerprint density at radius 1 is 0.969 bits per heavy atom. The molecule has 3 atom stereocenters. The summed E-state index contributed by atoms with van der Waals surface area (Å²) in [5.74, 6) is -2.91. The Hall–Kier alpha value is -2.63. The van der Waals surface area contributed by atoms with Gasteiger partial charge in [0.2, 0.25) is 5.41 Å². The second kappa shape index (κ2) is 9.88. The standard InChI is InChI=1S/C24H22Br2N2O4/c1-3-31-22(29)19-18(14-5-9-16(25)10-6-14)20(15-7-11-17(26)12-8-15)24(13-27,21(19)28)23(30)32-4-2/h5-12,18,20H,3-4,28H2,1-2H3/t18-,20+,24-/m0/s1. The van der Waals surface area contributed by atoms with Crippen molar-refractivity contribution in [3.05, 3.63) is 79.9 Å². The van der Waals surface area contributed by atoms with Crippen LogP contribution < -0.4 is 5.73 Å². The Morgan fingerprint density at radius 3 is 1.94 bits per heavy atom. The number of carbonyl (C=O) groups is 2. The summed E-state index contributed by atoms with van der Waals surface area (Å²) in [6, 6.07) is 16.7. The van der Waals surface area contributed by atoms with Crippen LogP contribution in [0.2, 0.25) is 0 Å². The van der Waals surface area contributed by atoms with Crippen LogP contribution >= 0.6 is 31.9 Å². The first kappa shape index (κ1) is 24.0. The maximum atomic E-state index is 13.3. The maximum absolute atomic E-state index is 13.3. The van der Waals surface area contributed by atoms with Gasteiger partial charge >= 0.3 is 11.9 Å². The highest BCUT2D eigenvalue weighted by Crippen LogP contribution is 2.59. The van der Waals surface area contributed by atoms with Crippen molar-refractivity contribution in [1.29, 1.82) is 5.26 Å². The second-order valence-corrected chi connectivity index (χ2v) is 9.08. The van der Waals surface area contributed by atoms with Crippen LogP contribution in [0.15, 0.2) is 68.7 Å². The number of halogens is 2. The largest absolute Gasteiger partial charge is 0.464 e. The quantitative estimate of drug-likeness (QED) is 0.501. The number of hydrogen-bond donors (Lipinski definition) is 1. The van der Waals surface area contributed by atoms with Gasteiger partial charge in [-0.15, -0.1) is 0 Å². The summed E-state index contributed by atoms with van der Waals surface area (Å²) >= 11 is 6.84. The molecule has 0 amide bonds. The Kier molecular flexibility index (Phi) is 7.42. The average Bonchev–Trinajstić information content (AvgIpc) is 3.04. The lowest BCUT2D eigenvalue weighted by molar-refractivity contribution is -0.151. The van der Waals surface area contributed by atoms with E-state index in [0.29, 0.717) is 5.56 Å². The van der Waals surface area contributed by atoms with Gasteiger partial charge in [0.05, 0.1) is 30.6 Å². The molecule has 0 heterocycles. The van der Waals surface area contributed by atoms with Crippen molar-refractivity contribution >= 4 is 43.8 Å². The average molecular weight is 562 g/mol. The van der Waals surface area contributed by atoms with E-state index in [1.807, 2.05) is 48.5 Å². The Morgan fingerprint density at radius 2 is 1.47 bits per heavy atom. The van der Waals surface area contributed by atoms with Crippen LogP contribution in [-0.4, -0.2) is 25.2 Å². The number of rotatable bonds is 6. The third-order valence-corrected chi connectivity index (χ3v) is 6.61. The van der Waals surface area contributed by atoms with Gasteiger partial charge in [0.15, 0.2) is 0 Å². The molecule has 0 spiro atoms. The summed E-state index contributed by atoms with van der Waals surface area (Å²) in [7, 11) is 0. The van der Waals surface area contributed by atoms with E-state index in [-0.39, 0.29) is 24.5 Å². The summed E-state index contributed by atoms with van der Waals surface area (Å²) in [6.45, 7) is 3.54. The lowest BCUT2D eigenvalue weighted by atomic mass is 9.69. The highest BCUT2D eigenvalue weighted by Gasteiger charge is 2.62. The lowest BCUT2D eigenvalue weighted by Crippen LogP contribution is -2.40. The fourth-order valence-electron chi connectivity index (χ4n) is 4.21. The van der Waals surface area contributed by atoms with E-state index in [1.165, 1.54) is 0 Å². The second-order valence-electron chi connectivity index (χ2n) is 7.25. The molecule has 0 aliphatic heterocycles. The smallest absolute Gasteiger partial charge is 0.336 e. The van der Waals surface area contributed by atoms with E-state index in [2.05, 4.69) is 37.9 Å². The van der Waals surface area contributed by atoms with Crippen LogP contribution in [0.4, 0.5) is 0 Å². The van der Waals surface area contributed by atoms with Gasteiger partial charge in [0.25, 0.3) is 0 Å². The fraction of sp³-hybridized carbons (Fsp3) is 0.292. The fourth-order valence-corrected chi connectivity index (χ4v) is 4.74. The Bertz CT molecular complexity index is 1090. The lowest BCUT2D eigenvalue weighted by Gasteiger charge is -2.32. The molecule has 1 aliphatic carbocycles. The first-order valence-corrected chi connectivity index (χ1v) is 11.7. The van der Waals surface area contributed by atoms with Gasteiger partial charge in [0.1, 0.15) is 0 Å². The molecule has 166 valence electrons. The van der Waals surface area contributed by atoms with Gasteiger partial charge in [-0.25, -0.2) is 9.59 Å². The predicted molar refractivity (Wildman–Crippen MR) is 126 cm³/mol. The van der Waals surface area contributed by atoms with E-state index >= 15 is 0 Å². The molecule has 6 nitrogen and oxygen atoms in total. The van der Waals surface area contributed by atoms with E-state index in [9.17, 15) is 14.9 Å². The van der Waals surface area contributed by atoms with Gasteiger partial charge in [-0.1, -0.05) is 56.1 Å². The number of nitrogens with two attached hydrogens (primary N) is 1. The first-order chi connectivity index (χ1) is 15.3. The van der Waals surface area contributed by atoms with Gasteiger partial charge in [-0.2, -0.15) is 5.26 Å². The number of carbonyl (C=O) groups excluding carboxylic acids is 2. The molecular formula is C24H22Br2N2O4. The van der Waals surface area contributed by atoms with E-state index in [1.54, 1.807) is 13.8 Å². The normalized spacial score (nSPS) is 22.3. The number of nitriles is 1. The molecule has 3 rings (SSSR count). The zero-order chi connectivity index (χ0) is 23.5. The van der Waals surface area contributed by atoms with Crippen LogP contribution in [0, 0.1) is 16.7 Å². The molecule has 0 saturated carbocycles. The van der Waals surface area contributed by atoms with Crippen LogP contribution in [-0.2, 0) is 19.1 Å². The van der Waals surface area contributed by atoms with E-state index in [0.717, 1.165) is 14.5 Å². The number of esters is 2. The molecule has 0 unspecified atom stereocenters. The number of ether oxygens (including phenoxy) is 2. The van der Waals surface area contributed by atoms with Crippen LogP contribution in [0.5, 0.6) is 0 Å².